The maximum absolute atomic E-state index is 13.4. The van der Waals surface area contributed by atoms with Gasteiger partial charge in [0, 0.05) is 6.54 Å². The topological polar surface area (TPSA) is 98.3 Å². The van der Waals surface area contributed by atoms with Gasteiger partial charge in [0.25, 0.3) is 11.6 Å². The number of carbonyl (C=O) groups excluding carboxylic acids is 1. The van der Waals surface area contributed by atoms with Crippen molar-refractivity contribution in [1.82, 2.24) is 5.32 Å². The second kappa shape index (κ2) is 5.67. The smallest absolute Gasteiger partial charge is 0.295 e. The fourth-order valence-corrected chi connectivity index (χ4v) is 2.64. The summed E-state index contributed by atoms with van der Waals surface area (Å²) in [7, 11) is 0. The van der Waals surface area contributed by atoms with E-state index >= 15 is 0 Å². The summed E-state index contributed by atoms with van der Waals surface area (Å²) >= 11 is 0. The Bertz CT molecular complexity index is 580. The molecule has 0 atom stereocenters. The number of hydrogen-bond donors (Lipinski definition) is 2. The summed E-state index contributed by atoms with van der Waals surface area (Å²) in [5.74, 6) is -1.43. The van der Waals surface area contributed by atoms with E-state index in [9.17, 15) is 19.3 Å². The maximum Gasteiger partial charge on any atom is 0.295 e. The lowest BCUT2D eigenvalue weighted by atomic mass is 9.67. The molecular formula is C14H18FN3O3. The van der Waals surface area contributed by atoms with Crippen LogP contribution in [0.2, 0.25) is 0 Å². The van der Waals surface area contributed by atoms with Crippen molar-refractivity contribution in [2.75, 3.05) is 12.3 Å². The molecule has 1 amide bonds. The third-order valence-electron chi connectivity index (χ3n) is 4.35. The first-order chi connectivity index (χ1) is 9.88. The largest absolute Gasteiger partial charge is 0.393 e. The first-order valence-corrected chi connectivity index (χ1v) is 6.90. The average molecular weight is 295 g/mol. The van der Waals surface area contributed by atoms with Gasteiger partial charge in [0.2, 0.25) is 0 Å². The number of halogens is 1. The van der Waals surface area contributed by atoms with Crippen molar-refractivity contribution in [3.63, 3.8) is 0 Å². The van der Waals surface area contributed by atoms with Crippen LogP contribution in [0.3, 0.4) is 0 Å². The monoisotopic (exact) mass is 295 g/mol. The first-order valence-electron chi connectivity index (χ1n) is 6.90. The van der Waals surface area contributed by atoms with Gasteiger partial charge in [-0.25, -0.2) is 4.39 Å². The second-order valence-corrected chi connectivity index (χ2v) is 5.53. The highest BCUT2D eigenvalue weighted by Gasteiger charge is 2.35. The Balaban J connectivity index is 2.17. The molecule has 7 heteroatoms. The summed E-state index contributed by atoms with van der Waals surface area (Å²) in [5, 5.41) is 13.5. The fourth-order valence-electron chi connectivity index (χ4n) is 2.64. The number of nitrogens with one attached hydrogen (secondary N) is 1. The van der Waals surface area contributed by atoms with E-state index in [1.807, 2.05) is 0 Å². The summed E-state index contributed by atoms with van der Waals surface area (Å²) < 4.78 is 13.4. The minimum Gasteiger partial charge on any atom is -0.393 e. The molecule has 0 saturated heterocycles. The Kier molecular flexibility index (Phi) is 4.11. The molecule has 1 aliphatic carbocycles. The molecule has 1 fully saturated rings. The van der Waals surface area contributed by atoms with Crippen molar-refractivity contribution < 1.29 is 14.1 Å². The van der Waals surface area contributed by atoms with Gasteiger partial charge in [-0.15, -0.1) is 0 Å². The van der Waals surface area contributed by atoms with Gasteiger partial charge < -0.3 is 11.1 Å². The number of hydrogen-bond acceptors (Lipinski definition) is 4. The third kappa shape index (κ3) is 2.96. The van der Waals surface area contributed by atoms with Crippen LogP contribution in [0.4, 0.5) is 15.8 Å². The van der Waals surface area contributed by atoms with Crippen LogP contribution in [0.1, 0.15) is 43.0 Å². The molecule has 3 N–H and O–H groups in total. The molecule has 0 spiro atoms. The van der Waals surface area contributed by atoms with Crippen LogP contribution in [-0.4, -0.2) is 17.4 Å². The second-order valence-electron chi connectivity index (χ2n) is 5.53. The molecule has 0 unspecified atom stereocenters. The van der Waals surface area contributed by atoms with Gasteiger partial charge in [-0.2, -0.15) is 0 Å². The molecule has 1 saturated carbocycles. The van der Waals surface area contributed by atoms with Gasteiger partial charge in [0.05, 0.1) is 16.6 Å². The molecular weight excluding hydrogens is 277 g/mol. The van der Waals surface area contributed by atoms with Crippen molar-refractivity contribution in [2.24, 2.45) is 5.41 Å². The summed E-state index contributed by atoms with van der Waals surface area (Å²) in [4.78, 5) is 22.1. The number of nitro benzene ring substituents is 1. The number of nitrogens with zero attached hydrogens (tertiary/aromatic N) is 1. The maximum atomic E-state index is 13.4. The minimum atomic E-state index is -0.852. The van der Waals surface area contributed by atoms with E-state index in [0.717, 1.165) is 31.7 Å². The number of carbonyl (C=O) groups is 1. The van der Waals surface area contributed by atoms with Gasteiger partial charge in [-0.3, -0.25) is 14.9 Å². The zero-order valence-corrected chi connectivity index (χ0v) is 11.8. The minimum absolute atomic E-state index is 0.101. The number of amides is 1. The lowest BCUT2D eigenvalue weighted by Crippen LogP contribution is -2.41. The van der Waals surface area contributed by atoms with Crippen LogP contribution >= 0.6 is 0 Å². The standard InChI is InChI=1S/C14H18FN3O3/c1-2-14(4-3-5-14)8-17-13(19)10-6-9(15)7-11(12(10)16)18(20)21/h6-7H,2-5,8,16H2,1H3,(H,17,19). The molecule has 0 aliphatic heterocycles. The van der Waals surface area contributed by atoms with Crippen LogP contribution in [0.15, 0.2) is 12.1 Å². The lowest BCUT2D eigenvalue weighted by molar-refractivity contribution is -0.384. The number of rotatable bonds is 5. The summed E-state index contributed by atoms with van der Waals surface area (Å²) in [6.07, 6.45) is 4.18. The first kappa shape index (κ1) is 15.2. The number of nitrogens with two attached hydrogens (primary N) is 1. The Labute approximate surface area is 121 Å². The Morgan fingerprint density at radius 1 is 1.52 bits per heavy atom. The molecule has 1 aliphatic rings. The van der Waals surface area contributed by atoms with Crippen molar-refractivity contribution in [3.05, 3.63) is 33.6 Å². The van der Waals surface area contributed by atoms with Crippen molar-refractivity contribution in [1.29, 1.82) is 0 Å². The highest BCUT2D eigenvalue weighted by molar-refractivity contribution is 6.01. The Hall–Kier alpha value is -2.18. The Morgan fingerprint density at radius 2 is 2.19 bits per heavy atom. The summed E-state index contributed by atoms with van der Waals surface area (Å²) in [5.41, 5.74) is 4.62. The molecule has 0 radical (unpaired) electrons. The van der Waals surface area contributed by atoms with Crippen molar-refractivity contribution >= 4 is 17.3 Å². The van der Waals surface area contributed by atoms with Gasteiger partial charge in [-0.1, -0.05) is 13.3 Å². The number of nitrogen functional groups attached to an aromatic ring is 1. The fraction of sp³-hybridized carbons (Fsp3) is 0.500. The number of anilines is 1. The average Bonchev–Trinajstić information content (AvgIpc) is 2.39. The SMILES string of the molecule is CCC1(CNC(=O)c2cc(F)cc([N+](=O)[O-])c2N)CCC1. The van der Waals surface area contributed by atoms with Crippen molar-refractivity contribution in [2.45, 2.75) is 32.6 Å². The molecule has 1 aromatic rings. The van der Waals surface area contributed by atoms with Gasteiger partial charge >= 0.3 is 0 Å². The van der Waals surface area contributed by atoms with Crippen LogP contribution in [-0.2, 0) is 0 Å². The molecule has 21 heavy (non-hydrogen) atoms. The van der Waals surface area contributed by atoms with Gasteiger partial charge in [0.15, 0.2) is 0 Å². The van der Waals surface area contributed by atoms with E-state index in [1.54, 1.807) is 0 Å². The van der Waals surface area contributed by atoms with Crippen LogP contribution in [0, 0.1) is 21.3 Å². The summed E-state index contributed by atoms with van der Waals surface area (Å²) in [6.45, 7) is 2.54. The predicted octanol–water partition coefficient (Wildman–Crippen LogP) is 2.63. The van der Waals surface area contributed by atoms with E-state index in [1.165, 1.54) is 0 Å². The van der Waals surface area contributed by atoms with E-state index in [0.29, 0.717) is 12.6 Å². The molecule has 6 nitrogen and oxygen atoms in total. The zero-order chi connectivity index (χ0) is 15.6. The van der Waals surface area contributed by atoms with E-state index in [4.69, 9.17) is 5.73 Å². The van der Waals surface area contributed by atoms with Crippen LogP contribution in [0.5, 0.6) is 0 Å². The predicted molar refractivity (Wildman–Crippen MR) is 76.4 cm³/mol. The normalized spacial score (nSPS) is 16.1. The molecule has 0 aromatic heterocycles. The van der Waals surface area contributed by atoms with Crippen LogP contribution in [0.25, 0.3) is 0 Å². The van der Waals surface area contributed by atoms with E-state index in [-0.39, 0.29) is 16.7 Å². The number of benzene rings is 1. The molecule has 1 aromatic carbocycles. The molecule has 0 heterocycles. The van der Waals surface area contributed by atoms with Crippen LogP contribution < -0.4 is 11.1 Å². The van der Waals surface area contributed by atoms with Crippen molar-refractivity contribution in [3.8, 4) is 0 Å². The van der Waals surface area contributed by atoms with Gasteiger partial charge in [0.1, 0.15) is 11.5 Å². The van der Waals surface area contributed by atoms with E-state index < -0.39 is 22.3 Å². The molecule has 2 rings (SSSR count). The van der Waals surface area contributed by atoms with E-state index in [2.05, 4.69) is 12.2 Å². The Morgan fingerprint density at radius 3 is 2.67 bits per heavy atom. The lowest BCUT2D eigenvalue weighted by Gasteiger charge is -2.41. The van der Waals surface area contributed by atoms with Gasteiger partial charge in [-0.05, 0) is 30.7 Å². The molecule has 0 bridgehead atoms. The zero-order valence-electron chi connectivity index (χ0n) is 11.8. The molecule has 114 valence electrons. The highest BCUT2D eigenvalue weighted by atomic mass is 19.1. The summed E-state index contributed by atoms with van der Waals surface area (Å²) in [6, 6.07) is 1.64. The number of nitro groups is 1. The highest BCUT2D eigenvalue weighted by Crippen LogP contribution is 2.43. The quantitative estimate of drug-likeness (QED) is 0.495. The third-order valence-corrected chi connectivity index (χ3v) is 4.35.